The standard InChI is InChI=1S/C8H11ClO/c1-6(2)8(9)4-7(3)5-10/h4,10H,1,3,5H2,2H3/b8-4+. The van der Waals surface area contributed by atoms with Crippen LogP contribution in [-0.4, -0.2) is 11.7 Å². The Hall–Kier alpha value is -0.530. The summed E-state index contributed by atoms with van der Waals surface area (Å²) in [6.07, 6.45) is 1.60. The van der Waals surface area contributed by atoms with E-state index in [0.29, 0.717) is 10.6 Å². The Morgan fingerprint density at radius 3 is 2.40 bits per heavy atom. The van der Waals surface area contributed by atoms with Crippen LogP contribution in [0.4, 0.5) is 0 Å². The minimum absolute atomic E-state index is 0.0660. The monoisotopic (exact) mass is 158 g/mol. The van der Waals surface area contributed by atoms with Gasteiger partial charge in [0, 0.05) is 5.03 Å². The summed E-state index contributed by atoms with van der Waals surface area (Å²) in [5.74, 6) is 0. The maximum Gasteiger partial charge on any atom is 0.0676 e. The fraction of sp³-hybridized carbons (Fsp3) is 0.250. The van der Waals surface area contributed by atoms with Gasteiger partial charge in [0.2, 0.25) is 0 Å². The fourth-order valence-corrected chi connectivity index (χ4v) is 0.502. The van der Waals surface area contributed by atoms with Crippen molar-refractivity contribution in [3.8, 4) is 0 Å². The second kappa shape index (κ2) is 4.31. The molecule has 0 bridgehead atoms. The van der Waals surface area contributed by atoms with E-state index in [1.165, 1.54) is 0 Å². The smallest absolute Gasteiger partial charge is 0.0676 e. The lowest BCUT2D eigenvalue weighted by Crippen LogP contribution is -1.84. The zero-order chi connectivity index (χ0) is 8.15. The third-order valence-electron chi connectivity index (χ3n) is 0.942. The van der Waals surface area contributed by atoms with Crippen molar-refractivity contribution in [2.45, 2.75) is 6.92 Å². The molecule has 0 spiro atoms. The highest BCUT2D eigenvalue weighted by Gasteiger charge is 1.92. The van der Waals surface area contributed by atoms with Gasteiger partial charge in [0.1, 0.15) is 0 Å². The van der Waals surface area contributed by atoms with Crippen LogP contribution >= 0.6 is 11.6 Å². The lowest BCUT2D eigenvalue weighted by atomic mass is 10.2. The summed E-state index contributed by atoms with van der Waals surface area (Å²) in [4.78, 5) is 0. The summed E-state index contributed by atoms with van der Waals surface area (Å²) in [7, 11) is 0. The van der Waals surface area contributed by atoms with Gasteiger partial charge in [-0.2, -0.15) is 0 Å². The SMILES string of the molecule is C=C(/C=C(/Cl)C(=C)C)CO. The Labute approximate surface area is 66.3 Å². The number of hydrogen-bond acceptors (Lipinski definition) is 1. The van der Waals surface area contributed by atoms with Crippen molar-refractivity contribution in [3.63, 3.8) is 0 Å². The Balaban J connectivity index is 4.16. The van der Waals surface area contributed by atoms with Gasteiger partial charge in [-0.3, -0.25) is 0 Å². The Bertz CT molecular complexity index is 180. The Morgan fingerprint density at radius 1 is 1.60 bits per heavy atom. The lowest BCUT2D eigenvalue weighted by molar-refractivity contribution is 0.335. The van der Waals surface area contributed by atoms with E-state index in [2.05, 4.69) is 13.2 Å². The van der Waals surface area contributed by atoms with E-state index in [1.54, 1.807) is 13.0 Å². The second-order valence-corrected chi connectivity index (χ2v) is 2.50. The number of aliphatic hydroxyl groups excluding tert-OH is 1. The number of rotatable bonds is 3. The molecule has 56 valence electrons. The second-order valence-electron chi connectivity index (χ2n) is 2.09. The molecule has 0 aromatic heterocycles. The quantitative estimate of drug-likeness (QED) is 0.625. The van der Waals surface area contributed by atoms with E-state index in [4.69, 9.17) is 16.7 Å². The van der Waals surface area contributed by atoms with Gasteiger partial charge in [0.15, 0.2) is 0 Å². The normalized spacial score (nSPS) is 11.3. The molecule has 0 unspecified atom stereocenters. The lowest BCUT2D eigenvalue weighted by Gasteiger charge is -1.96. The van der Waals surface area contributed by atoms with Gasteiger partial charge in [-0.1, -0.05) is 24.8 Å². The first kappa shape index (κ1) is 9.47. The molecular weight excluding hydrogens is 148 g/mol. The van der Waals surface area contributed by atoms with E-state index in [-0.39, 0.29) is 6.61 Å². The average Bonchev–Trinajstić information content (AvgIpc) is 1.87. The molecule has 0 aliphatic heterocycles. The molecule has 1 N–H and O–H groups in total. The zero-order valence-electron chi connectivity index (χ0n) is 6.02. The van der Waals surface area contributed by atoms with Crippen LogP contribution < -0.4 is 0 Å². The highest BCUT2D eigenvalue weighted by molar-refractivity contribution is 6.32. The van der Waals surface area contributed by atoms with Gasteiger partial charge in [0.05, 0.1) is 6.61 Å². The molecule has 0 aromatic rings. The first-order chi connectivity index (χ1) is 4.57. The number of halogens is 1. The van der Waals surface area contributed by atoms with Crippen LogP contribution in [0.15, 0.2) is 35.4 Å². The molecule has 0 radical (unpaired) electrons. The van der Waals surface area contributed by atoms with E-state index in [0.717, 1.165) is 5.57 Å². The molecule has 0 aliphatic rings. The third kappa shape index (κ3) is 3.49. The van der Waals surface area contributed by atoms with Gasteiger partial charge < -0.3 is 5.11 Å². The molecule has 0 atom stereocenters. The topological polar surface area (TPSA) is 20.2 Å². The van der Waals surface area contributed by atoms with Crippen molar-refractivity contribution < 1.29 is 5.11 Å². The van der Waals surface area contributed by atoms with E-state index in [9.17, 15) is 0 Å². The van der Waals surface area contributed by atoms with Crippen molar-refractivity contribution >= 4 is 11.6 Å². The first-order valence-electron chi connectivity index (χ1n) is 2.89. The molecule has 10 heavy (non-hydrogen) atoms. The molecule has 1 nitrogen and oxygen atoms in total. The molecule has 0 heterocycles. The van der Waals surface area contributed by atoms with Crippen molar-refractivity contribution in [1.29, 1.82) is 0 Å². The summed E-state index contributed by atoms with van der Waals surface area (Å²) < 4.78 is 0. The highest BCUT2D eigenvalue weighted by atomic mass is 35.5. The van der Waals surface area contributed by atoms with Gasteiger partial charge in [-0.15, -0.1) is 0 Å². The van der Waals surface area contributed by atoms with Gasteiger partial charge in [0.25, 0.3) is 0 Å². The van der Waals surface area contributed by atoms with Gasteiger partial charge in [-0.05, 0) is 24.1 Å². The van der Waals surface area contributed by atoms with E-state index >= 15 is 0 Å². The van der Waals surface area contributed by atoms with Crippen molar-refractivity contribution in [2.75, 3.05) is 6.61 Å². The molecule has 0 fully saturated rings. The highest BCUT2D eigenvalue weighted by Crippen LogP contribution is 2.13. The molecule has 0 rings (SSSR count). The molecule has 0 saturated heterocycles. The molecule has 0 aliphatic carbocycles. The van der Waals surface area contributed by atoms with E-state index in [1.807, 2.05) is 0 Å². The van der Waals surface area contributed by atoms with Crippen molar-refractivity contribution in [1.82, 2.24) is 0 Å². The third-order valence-corrected chi connectivity index (χ3v) is 1.37. The van der Waals surface area contributed by atoms with Crippen LogP contribution in [0.3, 0.4) is 0 Å². The largest absolute Gasteiger partial charge is 0.392 e. The molecule has 0 aromatic carbocycles. The Kier molecular flexibility index (Phi) is 4.08. The fourth-order valence-electron chi connectivity index (χ4n) is 0.348. The maximum absolute atomic E-state index is 8.53. The number of allylic oxidation sites excluding steroid dienone is 2. The molecule has 2 heteroatoms. The molecule has 0 amide bonds. The predicted molar refractivity (Wildman–Crippen MR) is 45.0 cm³/mol. The van der Waals surface area contributed by atoms with Crippen LogP contribution in [0.25, 0.3) is 0 Å². The van der Waals surface area contributed by atoms with Crippen LogP contribution in [0.1, 0.15) is 6.92 Å². The van der Waals surface area contributed by atoms with Crippen molar-refractivity contribution in [2.24, 2.45) is 0 Å². The van der Waals surface area contributed by atoms with Crippen molar-refractivity contribution in [3.05, 3.63) is 35.4 Å². The maximum atomic E-state index is 8.53. The van der Waals surface area contributed by atoms with Crippen LogP contribution in [0.5, 0.6) is 0 Å². The zero-order valence-corrected chi connectivity index (χ0v) is 6.78. The predicted octanol–water partition coefficient (Wildman–Crippen LogP) is 2.23. The number of aliphatic hydroxyl groups is 1. The molecular formula is C8H11ClO. The minimum atomic E-state index is -0.0660. The first-order valence-corrected chi connectivity index (χ1v) is 3.27. The average molecular weight is 159 g/mol. The molecule has 0 saturated carbocycles. The van der Waals surface area contributed by atoms with Crippen LogP contribution in [-0.2, 0) is 0 Å². The minimum Gasteiger partial charge on any atom is -0.392 e. The van der Waals surface area contributed by atoms with E-state index < -0.39 is 0 Å². The summed E-state index contributed by atoms with van der Waals surface area (Å²) in [5.41, 5.74) is 1.37. The summed E-state index contributed by atoms with van der Waals surface area (Å²) >= 11 is 5.68. The Morgan fingerprint density at radius 2 is 2.10 bits per heavy atom. The summed E-state index contributed by atoms with van der Waals surface area (Å²) in [6, 6.07) is 0. The number of hydrogen-bond donors (Lipinski definition) is 1. The van der Waals surface area contributed by atoms with Crippen LogP contribution in [0, 0.1) is 0 Å². The summed E-state index contributed by atoms with van der Waals surface area (Å²) in [6.45, 7) is 8.89. The van der Waals surface area contributed by atoms with Gasteiger partial charge in [-0.25, -0.2) is 0 Å². The van der Waals surface area contributed by atoms with Gasteiger partial charge >= 0.3 is 0 Å². The summed E-state index contributed by atoms with van der Waals surface area (Å²) in [5, 5.41) is 9.07. The van der Waals surface area contributed by atoms with Crippen LogP contribution in [0.2, 0.25) is 0 Å².